The van der Waals surface area contributed by atoms with Crippen molar-refractivity contribution in [3.63, 3.8) is 0 Å². The molecule has 0 atom stereocenters. The number of hydrogen-bond acceptors (Lipinski definition) is 8. The molecular formula is CaO8S2. The third kappa shape index (κ3) is 8.91. The van der Waals surface area contributed by atoms with Crippen molar-refractivity contribution in [2.24, 2.45) is 0 Å². The third-order valence-corrected chi connectivity index (χ3v) is 1.75. The van der Waals surface area contributed by atoms with Crippen LogP contribution in [0.1, 0.15) is 0 Å². The fourth-order valence-corrected chi connectivity index (χ4v) is 1.02. The molecule has 0 N–H and O–H groups in total. The molecule has 62 valence electrons. The largest absolute Gasteiger partial charge is 2.00 e. The van der Waals surface area contributed by atoms with E-state index in [2.05, 4.69) is 7.96 Å². The zero-order valence-electron chi connectivity index (χ0n) is 4.79. The van der Waals surface area contributed by atoms with Crippen LogP contribution in [-0.4, -0.2) is 59.1 Å². The topological polar surface area (TPSA) is 133 Å². The Morgan fingerprint density at radius 3 is 1.55 bits per heavy atom. The van der Waals surface area contributed by atoms with Crippen molar-refractivity contribution >= 4 is 58.5 Å². The molecule has 11 heteroatoms. The summed E-state index contributed by atoms with van der Waals surface area (Å²) in [5.74, 6) is 0. The molecule has 8 nitrogen and oxygen atoms in total. The van der Waals surface area contributed by atoms with Crippen molar-refractivity contribution in [1.82, 2.24) is 0 Å². The van der Waals surface area contributed by atoms with Crippen LogP contribution < -0.4 is 5.26 Å². The van der Waals surface area contributed by atoms with Crippen LogP contribution in [0.5, 0.6) is 0 Å². The standard InChI is InChI=1S/Ca.H2O8S2/c;1-7-10(5,6)8-9(2,3)4/h;1H,(H,2,3,4)/q+2;/p-2. The zero-order valence-corrected chi connectivity index (χ0v) is 8.63. The first kappa shape index (κ1) is 14.5. The quantitative estimate of drug-likeness (QED) is 0.162. The first-order valence-electron chi connectivity index (χ1n) is 1.50. The molecule has 0 saturated heterocycles. The van der Waals surface area contributed by atoms with Crippen LogP contribution in [0.4, 0.5) is 0 Å². The first-order valence-corrected chi connectivity index (χ1v) is 4.17. The molecule has 0 fully saturated rings. The smallest absolute Gasteiger partial charge is 0.725 e. The Bertz CT molecular complexity index is 280. The summed E-state index contributed by atoms with van der Waals surface area (Å²) in [6, 6.07) is 0. The van der Waals surface area contributed by atoms with Crippen molar-refractivity contribution in [3.8, 4) is 0 Å². The monoisotopic (exact) mass is 232 g/mol. The Kier molecular flexibility index (Phi) is 6.45. The van der Waals surface area contributed by atoms with Crippen LogP contribution in [0, 0.1) is 0 Å². The Hall–Kier alpha value is 1.000. The number of hydrogen-bond donors (Lipinski definition) is 0. The van der Waals surface area contributed by atoms with Crippen molar-refractivity contribution in [2.75, 3.05) is 0 Å². The van der Waals surface area contributed by atoms with Gasteiger partial charge in [-0.1, -0.05) is 0 Å². The molecule has 0 rings (SSSR count). The van der Waals surface area contributed by atoms with Crippen LogP contribution in [0.3, 0.4) is 0 Å². The molecule has 0 amide bonds. The molecule has 0 unspecified atom stereocenters. The minimum Gasteiger partial charge on any atom is -0.725 e. The van der Waals surface area contributed by atoms with E-state index in [0.29, 0.717) is 0 Å². The SMILES string of the molecule is O=S(=O)([O-])OS(=O)(=O)O[O-].[Ca+2]. The number of rotatable bonds is 3. The van der Waals surface area contributed by atoms with E-state index in [1.807, 2.05) is 0 Å². The van der Waals surface area contributed by atoms with Gasteiger partial charge in [-0.15, -0.1) is 3.63 Å². The molecule has 0 aromatic rings. The summed E-state index contributed by atoms with van der Waals surface area (Å²) in [5, 5.41) is 9.01. The van der Waals surface area contributed by atoms with Gasteiger partial charge in [0.2, 0.25) is 10.4 Å². The average Bonchev–Trinajstić information content (AvgIpc) is 1.60. The Balaban J connectivity index is 0. The molecular weight excluding hydrogens is 232 g/mol. The second kappa shape index (κ2) is 4.89. The summed E-state index contributed by atoms with van der Waals surface area (Å²) < 4.78 is 52.5. The minimum absolute atomic E-state index is 0. The van der Waals surface area contributed by atoms with E-state index in [-0.39, 0.29) is 37.7 Å². The van der Waals surface area contributed by atoms with E-state index >= 15 is 0 Å². The summed E-state index contributed by atoms with van der Waals surface area (Å²) >= 11 is 0. The van der Waals surface area contributed by atoms with E-state index in [4.69, 9.17) is 5.26 Å². The van der Waals surface area contributed by atoms with Gasteiger partial charge in [0.15, 0.2) is 0 Å². The first-order chi connectivity index (χ1) is 4.27. The van der Waals surface area contributed by atoms with Gasteiger partial charge in [-0.25, -0.2) is 8.42 Å². The third-order valence-electron chi connectivity index (χ3n) is 0.250. The van der Waals surface area contributed by atoms with Gasteiger partial charge in [-0.05, 0) is 0 Å². The van der Waals surface area contributed by atoms with Crippen LogP contribution >= 0.6 is 0 Å². The Morgan fingerprint density at radius 2 is 1.45 bits per heavy atom. The van der Waals surface area contributed by atoms with Gasteiger partial charge in [0.25, 0.3) is 0 Å². The second-order valence-corrected chi connectivity index (χ2v) is 3.27. The molecule has 0 aliphatic heterocycles. The molecule has 0 aromatic heterocycles. The van der Waals surface area contributed by atoms with Crippen molar-refractivity contribution in [1.29, 1.82) is 0 Å². The molecule has 0 saturated carbocycles. The molecule has 0 aromatic carbocycles. The van der Waals surface area contributed by atoms with E-state index in [9.17, 15) is 21.4 Å². The minimum atomic E-state index is -5.46. The molecule has 0 aliphatic rings. The predicted molar refractivity (Wildman–Crippen MR) is 26.5 cm³/mol. The van der Waals surface area contributed by atoms with Gasteiger partial charge in [-0.2, -0.15) is 8.42 Å². The molecule has 0 aliphatic carbocycles. The van der Waals surface area contributed by atoms with Gasteiger partial charge in [0.05, 0.1) is 0 Å². The molecule has 11 heavy (non-hydrogen) atoms. The summed E-state index contributed by atoms with van der Waals surface area (Å²) in [5.41, 5.74) is 0. The maximum atomic E-state index is 9.68. The van der Waals surface area contributed by atoms with E-state index in [1.54, 1.807) is 0 Å². The second-order valence-electron chi connectivity index (χ2n) is 0.953. The Morgan fingerprint density at radius 1 is 1.09 bits per heavy atom. The summed E-state index contributed by atoms with van der Waals surface area (Å²) in [6.45, 7) is 0. The van der Waals surface area contributed by atoms with Gasteiger partial charge in [0, 0.05) is 0 Å². The van der Waals surface area contributed by atoms with E-state index < -0.39 is 20.8 Å². The fraction of sp³-hybridized carbons (Fsp3) is 0. The van der Waals surface area contributed by atoms with Crippen LogP contribution in [0.15, 0.2) is 0 Å². The molecule has 0 spiro atoms. The maximum absolute atomic E-state index is 9.68. The van der Waals surface area contributed by atoms with E-state index in [0.717, 1.165) is 0 Å². The molecule has 0 radical (unpaired) electrons. The van der Waals surface area contributed by atoms with Crippen LogP contribution in [0.2, 0.25) is 0 Å². The molecule has 0 heterocycles. The normalized spacial score (nSPS) is 12.2. The van der Waals surface area contributed by atoms with Crippen LogP contribution in [0.25, 0.3) is 0 Å². The Labute approximate surface area is 92.3 Å². The predicted octanol–water partition coefficient (Wildman–Crippen LogP) is -3.38. The maximum Gasteiger partial charge on any atom is 2.00 e. The summed E-state index contributed by atoms with van der Waals surface area (Å²) in [6.07, 6.45) is 0. The fourth-order valence-electron chi connectivity index (χ4n) is 0.113. The van der Waals surface area contributed by atoms with Gasteiger partial charge in [0.1, 0.15) is 0 Å². The van der Waals surface area contributed by atoms with Crippen molar-refractivity contribution in [3.05, 3.63) is 0 Å². The van der Waals surface area contributed by atoms with Gasteiger partial charge >= 0.3 is 48.1 Å². The average molecular weight is 232 g/mol. The van der Waals surface area contributed by atoms with Gasteiger partial charge < -0.3 is 14.1 Å². The molecule has 0 bridgehead atoms. The summed E-state index contributed by atoms with van der Waals surface area (Å²) in [7, 11) is -10.7. The van der Waals surface area contributed by atoms with Gasteiger partial charge in [-0.3, -0.25) is 0 Å². The van der Waals surface area contributed by atoms with Crippen molar-refractivity contribution in [2.45, 2.75) is 0 Å². The van der Waals surface area contributed by atoms with Crippen LogP contribution in [-0.2, 0) is 28.8 Å². The summed E-state index contributed by atoms with van der Waals surface area (Å²) in [4.78, 5) is 0. The zero-order chi connectivity index (χ0) is 8.41. The van der Waals surface area contributed by atoms with Crippen molar-refractivity contribution < 1.29 is 34.6 Å². The van der Waals surface area contributed by atoms with E-state index in [1.165, 1.54) is 0 Å².